The van der Waals surface area contributed by atoms with Gasteiger partial charge in [-0.05, 0) is 68.2 Å². The number of hydrogen-bond donors (Lipinski definition) is 1. The minimum Gasteiger partial charge on any atom is -0.481 e. The molecule has 2 amide bonds. The molecule has 1 saturated heterocycles. The van der Waals surface area contributed by atoms with E-state index in [0.717, 1.165) is 30.4 Å². The van der Waals surface area contributed by atoms with Crippen LogP contribution in [-0.4, -0.2) is 70.9 Å². The number of carboxylic acids is 1. The highest BCUT2D eigenvalue weighted by Gasteiger charge is 2.48. The molecule has 2 fully saturated rings. The molecule has 2 bridgehead atoms. The lowest BCUT2D eigenvalue weighted by Crippen LogP contribution is -2.46. The van der Waals surface area contributed by atoms with Gasteiger partial charge >= 0.3 is 18.2 Å². The van der Waals surface area contributed by atoms with Crippen LogP contribution in [-0.2, 0) is 14.3 Å². The van der Waals surface area contributed by atoms with Gasteiger partial charge in [0.05, 0.1) is 0 Å². The molecule has 214 valence electrons. The largest absolute Gasteiger partial charge is 0.481 e. The van der Waals surface area contributed by atoms with E-state index in [1.54, 1.807) is 4.90 Å². The quantitative estimate of drug-likeness (QED) is 0.426. The van der Waals surface area contributed by atoms with Gasteiger partial charge in [-0.25, -0.2) is 9.59 Å². The van der Waals surface area contributed by atoms with Crippen LogP contribution in [0.1, 0.15) is 69.9 Å². The molecule has 3 unspecified atom stereocenters. The van der Waals surface area contributed by atoms with Crippen molar-refractivity contribution in [1.29, 1.82) is 0 Å². The zero-order valence-electron chi connectivity index (χ0n) is 23.7. The fourth-order valence-electron chi connectivity index (χ4n) is 6.75. The van der Waals surface area contributed by atoms with Gasteiger partial charge in [-0.1, -0.05) is 55.0 Å². The molecule has 2 aromatic rings. The van der Waals surface area contributed by atoms with E-state index < -0.39 is 17.7 Å². The third-order valence-electron chi connectivity index (χ3n) is 8.48. The summed E-state index contributed by atoms with van der Waals surface area (Å²) in [5, 5.41) is 9.21. The van der Waals surface area contributed by atoms with E-state index >= 15 is 0 Å². The second kappa shape index (κ2) is 11.5. The van der Waals surface area contributed by atoms with E-state index in [2.05, 4.69) is 24.3 Å². The molecule has 40 heavy (non-hydrogen) atoms. The van der Waals surface area contributed by atoms with Gasteiger partial charge in [0.15, 0.2) is 0 Å². The van der Waals surface area contributed by atoms with Crippen LogP contribution in [0.15, 0.2) is 48.5 Å². The van der Waals surface area contributed by atoms with E-state index in [0.29, 0.717) is 26.1 Å². The van der Waals surface area contributed by atoms with Crippen LogP contribution >= 0.6 is 0 Å². The van der Waals surface area contributed by atoms with Gasteiger partial charge in [0.1, 0.15) is 12.2 Å². The number of aliphatic carboxylic acids is 1. The molecule has 1 heterocycles. The number of benzene rings is 2. The molecule has 3 atom stereocenters. The molecular weight excluding hydrogens is 508 g/mol. The highest BCUT2D eigenvalue weighted by atomic mass is 16.6. The van der Waals surface area contributed by atoms with Gasteiger partial charge < -0.3 is 24.4 Å². The summed E-state index contributed by atoms with van der Waals surface area (Å²) in [6.07, 6.45) is 2.50. The maximum Gasteiger partial charge on any atom is 0.410 e. The lowest BCUT2D eigenvalue weighted by molar-refractivity contribution is -0.137. The average molecular weight is 549 g/mol. The molecule has 1 saturated carbocycles. The third kappa shape index (κ3) is 5.96. The number of rotatable bonds is 8. The Kier molecular flexibility index (Phi) is 8.06. The van der Waals surface area contributed by atoms with Crippen molar-refractivity contribution in [2.75, 3.05) is 26.2 Å². The lowest BCUT2D eigenvalue weighted by atomic mass is 9.79. The highest BCUT2D eigenvalue weighted by molar-refractivity contribution is 5.79. The second-order valence-electron chi connectivity index (χ2n) is 12.3. The van der Waals surface area contributed by atoms with Crippen molar-refractivity contribution in [3.05, 3.63) is 59.7 Å². The first kappa shape index (κ1) is 28.0. The summed E-state index contributed by atoms with van der Waals surface area (Å²) < 4.78 is 11.7. The highest BCUT2D eigenvalue weighted by Crippen LogP contribution is 2.45. The average Bonchev–Trinajstić information content (AvgIpc) is 3.31. The van der Waals surface area contributed by atoms with Crippen LogP contribution < -0.4 is 0 Å². The van der Waals surface area contributed by atoms with E-state index in [-0.39, 0.29) is 42.9 Å². The van der Waals surface area contributed by atoms with Gasteiger partial charge in [-0.3, -0.25) is 4.79 Å². The maximum absolute atomic E-state index is 13.6. The minimum atomic E-state index is -0.888. The molecule has 2 aliphatic carbocycles. The number of fused-ring (bicyclic) bond motifs is 5. The third-order valence-corrected chi connectivity index (χ3v) is 8.48. The Bertz CT molecular complexity index is 1210. The zero-order chi connectivity index (χ0) is 28.4. The Morgan fingerprint density at radius 2 is 1.65 bits per heavy atom. The SMILES string of the molecule is CC(C)(C)OC(=O)N1CC2CCCC1C2CN(CCCC(=O)O)C(=O)OCC1c2ccccc2-c2ccccc21. The van der Waals surface area contributed by atoms with E-state index in [1.807, 2.05) is 49.9 Å². The van der Waals surface area contributed by atoms with Crippen molar-refractivity contribution >= 4 is 18.2 Å². The Hall–Kier alpha value is -3.55. The van der Waals surface area contributed by atoms with Crippen LogP contribution in [0.4, 0.5) is 9.59 Å². The topological polar surface area (TPSA) is 96.4 Å². The first-order chi connectivity index (χ1) is 19.1. The van der Waals surface area contributed by atoms with Crippen LogP contribution in [0.2, 0.25) is 0 Å². The summed E-state index contributed by atoms with van der Waals surface area (Å²) in [5.74, 6) is -0.562. The molecular formula is C32H40N2O6. The molecule has 5 rings (SSSR count). The van der Waals surface area contributed by atoms with Crippen LogP contribution in [0.3, 0.4) is 0 Å². The summed E-state index contributed by atoms with van der Waals surface area (Å²) in [6.45, 7) is 7.17. The van der Waals surface area contributed by atoms with Gasteiger partial charge in [0.25, 0.3) is 0 Å². The molecule has 1 aliphatic heterocycles. The number of carbonyl (C=O) groups is 3. The first-order valence-corrected chi connectivity index (χ1v) is 14.4. The minimum absolute atomic E-state index is 0.00282. The van der Waals surface area contributed by atoms with E-state index in [4.69, 9.17) is 9.47 Å². The fourth-order valence-corrected chi connectivity index (χ4v) is 6.75. The second-order valence-corrected chi connectivity index (χ2v) is 12.3. The molecule has 8 nitrogen and oxygen atoms in total. The van der Waals surface area contributed by atoms with Crippen molar-refractivity contribution in [2.45, 2.75) is 70.4 Å². The summed E-state index contributed by atoms with van der Waals surface area (Å²) in [5.41, 5.74) is 4.05. The van der Waals surface area contributed by atoms with E-state index in [1.165, 1.54) is 11.1 Å². The number of amides is 2. The molecule has 3 aliphatic rings. The normalized spacial score (nSPS) is 21.5. The molecule has 0 spiro atoms. The van der Waals surface area contributed by atoms with Crippen molar-refractivity contribution in [1.82, 2.24) is 9.80 Å². The van der Waals surface area contributed by atoms with Gasteiger partial charge in [0.2, 0.25) is 0 Å². The van der Waals surface area contributed by atoms with E-state index in [9.17, 15) is 19.5 Å². The molecule has 0 aromatic heterocycles. The lowest BCUT2D eigenvalue weighted by Gasteiger charge is -2.35. The van der Waals surface area contributed by atoms with Gasteiger partial charge in [0, 0.05) is 43.9 Å². The molecule has 1 N–H and O–H groups in total. The summed E-state index contributed by atoms with van der Waals surface area (Å²) in [6, 6.07) is 16.4. The predicted molar refractivity (Wildman–Crippen MR) is 151 cm³/mol. The van der Waals surface area contributed by atoms with Crippen molar-refractivity contribution < 1.29 is 29.0 Å². The van der Waals surface area contributed by atoms with Crippen LogP contribution in [0.25, 0.3) is 11.1 Å². The van der Waals surface area contributed by atoms with Crippen molar-refractivity contribution in [2.24, 2.45) is 11.8 Å². The van der Waals surface area contributed by atoms with Crippen molar-refractivity contribution in [3.8, 4) is 11.1 Å². The first-order valence-electron chi connectivity index (χ1n) is 14.4. The molecule has 2 aromatic carbocycles. The van der Waals surface area contributed by atoms with Crippen molar-refractivity contribution in [3.63, 3.8) is 0 Å². The number of ether oxygens (including phenoxy) is 2. The number of hydrogen-bond acceptors (Lipinski definition) is 5. The van der Waals surface area contributed by atoms with Crippen LogP contribution in [0.5, 0.6) is 0 Å². The zero-order valence-corrected chi connectivity index (χ0v) is 23.7. The summed E-state index contributed by atoms with van der Waals surface area (Å²) in [4.78, 5) is 41.3. The molecule has 8 heteroatoms. The number of likely N-dealkylation sites (tertiary alicyclic amines) is 1. The number of carbonyl (C=O) groups excluding carboxylic acids is 2. The Morgan fingerprint density at radius 1 is 1.00 bits per heavy atom. The predicted octanol–water partition coefficient (Wildman–Crippen LogP) is 6.14. The monoisotopic (exact) mass is 548 g/mol. The standard InChI is InChI=1S/C32H40N2O6/c1-32(2,3)40-31(38)34-18-21-10-8-15-28(34)26(21)19-33(17-9-16-29(35)36)30(37)39-20-27-24-13-6-4-11-22(24)23-12-5-7-14-25(23)27/h4-7,11-14,21,26-28H,8-10,15-20H2,1-3H3,(H,35,36). The summed E-state index contributed by atoms with van der Waals surface area (Å²) in [7, 11) is 0. The fraction of sp³-hybridized carbons (Fsp3) is 0.531. The van der Waals surface area contributed by atoms with Gasteiger partial charge in [-0.2, -0.15) is 0 Å². The Labute approximate surface area is 236 Å². The smallest absolute Gasteiger partial charge is 0.410 e. The maximum atomic E-state index is 13.6. The van der Waals surface area contributed by atoms with Crippen LogP contribution in [0, 0.1) is 11.8 Å². The van der Waals surface area contributed by atoms with Gasteiger partial charge in [-0.15, -0.1) is 0 Å². The molecule has 0 radical (unpaired) electrons. The summed E-state index contributed by atoms with van der Waals surface area (Å²) >= 11 is 0. The Morgan fingerprint density at radius 3 is 2.27 bits per heavy atom. The number of carboxylic acid groups (broad SMARTS) is 1. The number of nitrogens with zero attached hydrogens (tertiary/aromatic N) is 2. The Balaban J connectivity index is 1.30.